The predicted molar refractivity (Wildman–Crippen MR) is 114 cm³/mol. The Balaban J connectivity index is 1.89. The van der Waals surface area contributed by atoms with Crippen LogP contribution in [0.15, 0.2) is 12.7 Å². The van der Waals surface area contributed by atoms with E-state index in [9.17, 15) is 9.46 Å². The third kappa shape index (κ3) is 7.26. The highest BCUT2D eigenvalue weighted by molar-refractivity contribution is 7.55. The van der Waals surface area contributed by atoms with Gasteiger partial charge in [0.15, 0.2) is 17.8 Å². The Morgan fingerprint density at radius 1 is 1.17 bits per heavy atom. The molecule has 0 aliphatic rings. The van der Waals surface area contributed by atoms with E-state index in [-0.39, 0.29) is 12.5 Å². The topological polar surface area (TPSA) is 147 Å². The first-order chi connectivity index (χ1) is 14.3. The maximum Gasteiger partial charge on any atom is 0.292 e. The van der Waals surface area contributed by atoms with Crippen LogP contribution in [0.3, 0.4) is 0 Å². The lowest BCUT2D eigenvalue weighted by Gasteiger charge is -2.27. The number of nitrogen functional groups attached to an aromatic ring is 1. The van der Waals surface area contributed by atoms with E-state index in [1.54, 1.807) is 24.7 Å². The van der Waals surface area contributed by atoms with Gasteiger partial charge in [0.05, 0.1) is 25.0 Å². The molecule has 2 aromatic heterocycles. The van der Waals surface area contributed by atoms with Gasteiger partial charge in [-0.25, -0.2) is 20.0 Å². The van der Waals surface area contributed by atoms with Crippen LogP contribution in [0.5, 0.6) is 0 Å². The third-order valence-electron chi connectivity index (χ3n) is 4.20. The Labute approximate surface area is 176 Å². The third-order valence-corrected chi connectivity index (χ3v) is 5.51. The van der Waals surface area contributed by atoms with Crippen LogP contribution in [0.4, 0.5) is 5.82 Å². The number of fused-ring (bicyclic) bond motifs is 1. The van der Waals surface area contributed by atoms with E-state index in [1.807, 2.05) is 13.8 Å². The highest BCUT2D eigenvalue weighted by Gasteiger charge is 2.28. The number of nitrogens with two attached hydrogens (primary N) is 1. The van der Waals surface area contributed by atoms with E-state index in [1.165, 1.54) is 6.33 Å². The summed E-state index contributed by atoms with van der Waals surface area (Å²) in [6.07, 6.45) is 3.30. The summed E-state index contributed by atoms with van der Waals surface area (Å²) in [7, 11) is -3.77. The van der Waals surface area contributed by atoms with Crippen molar-refractivity contribution < 1.29 is 23.7 Å². The van der Waals surface area contributed by atoms with Gasteiger partial charge in [-0.1, -0.05) is 13.8 Å². The van der Waals surface area contributed by atoms with Crippen LogP contribution in [0, 0.1) is 0 Å². The van der Waals surface area contributed by atoms with Crippen molar-refractivity contribution in [3.8, 4) is 0 Å². The highest BCUT2D eigenvalue weighted by Crippen LogP contribution is 2.37. The smallest absolute Gasteiger partial charge is 0.292 e. The molecule has 0 aliphatic carbocycles. The second-order valence-electron chi connectivity index (χ2n) is 7.16. The quantitative estimate of drug-likeness (QED) is 0.292. The van der Waals surface area contributed by atoms with Crippen LogP contribution in [0.1, 0.15) is 40.5 Å². The molecule has 0 fully saturated rings. The average molecular weight is 444 g/mol. The van der Waals surface area contributed by atoms with Crippen molar-refractivity contribution in [1.82, 2.24) is 24.6 Å². The molecule has 3 atom stereocenters. The van der Waals surface area contributed by atoms with E-state index in [0.29, 0.717) is 36.7 Å². The first-order valence-corrected chi connectivity index (χ1v) is 12.0. The van der Waals surface area contributed by atoms with E-state index in [0.717, 1.165) is 12.8 Å². The van der Waals surface area contributed by atoms with Crippen LogP contribution >= 0.6 is 7.52 Å². The van der Waals surface area contributed by atoms with Crippen LogP contribution in [-0.2, 0) is 25.3 Å². The molecular formula is C18H33N6O5P. The molecule has 0 spiro atoms. The van der Waals surface area contributed by atoms with E-state index in [4.69, 9.17) is 19.9 Å². The summed E-state index contributed by atoms with van der Waals surface area (Å²) in [5.74, 6) is 0.301. The summed E-state index contributed by atoms with van der Waals surface area (Å²) in [5.41, 5.74) is 6.89. The van der Waals surface area contributed by atoms with Gasteiger partial charge in [0, 0.05) is 13.2 Å². The number of anilines is 1. The van der Waals surface area contributed by atoms with Crippen LogP contribution in [0.2, 0.25) is 0 Å². The largest absolute Gasteiger partial charge is 0.382 e. The molecule has 0 saturated heterocycles. The summed E-state index contributed by atoms with van der Waals surface area (Å²) in [6, 6.07) is -0.477. The molecule has 1 unspecified atom stereocenters. The number of imidazole rings is 1. The maximum absolute atomic E-state index is 12.6. The summed E-state index contributed by atoms with van der Waals surface area (Å²) < 4.78 is 31.3. The lowest BCUT2D eigenvalue weighted by molar-refractivity contribution is -0.154. The zero-order chi connectivity index (χ0) is 22.1. The number of nitrogens with zero attached hydrogens (tertiary/aromatic N) is 4. The zero-order valence-electron chi connectivity index (χ0n) is 18.0. The van der Waals surface area contributed by atoms with Gasteiger partial charge in [0.2, 0.25) is 0 Å². The Hall–Kier alpha value is -1.62. The molecule has 0 radical (unpaired) electrons. The number of aromatic nitrogens is 4. The van der Waals surface area contributed by atoms with Gasteiger partial charge in [0.1, 0.15) is 18.2 Å². The average Bonchev–Trinajstić information content (AvgIpc) is 3.10. The second-order valence-corrected chi connectivity index (χ2v) is 9.08. The number of hydrogen-bond donors (Lipinski definition) is 3. The number of hydrogen-bond acceptors (Lipinski definition) is 8. The summed E-state index contributed by atoms with van der Waals surface area (Å²) in [4.78, 5) is 22.6. The molecule has 0 bridgehead atoms. The molecule has 2 rings (SSSR count). The molecule has 2 aromatic rings. The Bertz CT molecular complexity index is 826. The minimum Gasteiger partial charge on any atom is -0.382 e. The molecule has 11 nitrogen and oxygen atoms in total. The normalized spacial score (nSPS) is 16.1. The summed E-state index contributed by atoms with van der Waals surface area (Å²) >= 11 is 0. The number of rotatable bonds is 14. The predicted octanol–water partition coefficient (Wildman–Crippen LogP) is 2.11. The Morgan fingerprint density at radius 3 is 2.47 bits per heavy atom. The minimum atomic E-state index is -3.77. The lowest BCUT2D eigenvalue weighted by atomic mass is 10.3. The maximum atomic E-state index is 12.6. The molecule has 0 saturated carbocycles. The minimum absolute atomic E-state index is 0.301. The number of ether oxygens (including phenoxy) is 3. The SMILES string of the molecule is CCCOC(OCCC)[C@H](C)NP(=O)(O)CO[C@H](C)Cn1cnc2c(N)ncnc21. The van der Waals surface area contributed by atoms with Crippen molar-refractivity contribution in [2.45, 2.75) is 65.5 Å². The fourth-order valence-corrected chi connectivity index (χ4v) is 4.10. The van der Waals surface area contributed by atoms with E-state index >= 15 is 0 Å². The molecule has 170 valence electrons. The molecule has 0 amide bonds. The van der Waals surface area contributed by atoms with Crippen molar-refractivity contribution in [3.05, 3.63) is 12.7 Å². The van der Waals surface area contributed by atoms with Gasteiger partial charge in [-0.2, -0.15) is 0 Å². The van der Waals surface area contributed by atoms with Crippen molar-refractivity contribution in [3.63, 3.8) is 0 Å². The fourth-order valence-electron chi connectivity index (χ4n) is 2.81. The van der Waals surface area contributed by atoms with Gasteiger partial charge in [-0.05, 0) is 26.7 Å². The van der Waals surface area contributed by atoms with Crippen molar-refractivity contribution in [2.75, 3.05) is 25.3 Å². The fraction of sp³-hybridized carbons (Fsp3) is 0.722. The van der Waals surface area contributed by atoms with E-state index < -0.39 is 19.9 Å². The molecule has 0 aromatic carbocycles. The van der Waals surface area contributed by atoms with Crippen molar-refractivity contribution in [2.24, 2.45) is 0 Å². The summed E-state index contributed by atoms with van der Waals surface area (Å²) in [5, 5.41) is 2.71. The van der Waals surface area contributed by atoms with Crippen LogP contribution in [0.25, 0.3) is 11.2 Å². The Kier molecular flexibility index (Phi) is 9.60. The lowest BCUT2D eigenvalue weighted by Crippen LogP contribution is -2.40. The molecule has 30 heavy (non-hydrogen) atoms. The van der Waals surface area contributed by atoms with Crippen LogP contribution < -0.4 is 10.8 Å². The van der Waals surface area contributed by atoms with Gasteiger partial charge >= 0.3 is 0 Å². The molecule has 4 N–H and O–H groups in total. The van der Waals surface area contributed by atoms with E-state index in [2.05, 4.69) is 20.0 Å². The molecule has 12 heteroatoms. The Morgan fingerprint density at radius 2 is 1.83 bits per heavy atom. The van der Waals surface area contributed by atoms with Gasteiger partial charge in [-0.3, -0.25) is 4.57 Å². The first kappa shape index (κ1) is 24.6. The molecule has 0 aliphatic heterocycles. The van der Waals surface area contributed by atoms with Gasteiger partial charge in [-0.15, -0.1) is 0 Å². The van der Waals surface area contributed by atoms with Gasteiger partial charge in [0.25, 0.3) is 7.52 Å². The first-order valence-electron chi connectivity index (χ1n) is 10.1. The highest BCUT2D eigenvalue weighted by atomic mass is 31.2. The number of nitrogens with one attached hydrogen (secondary N) is 1. The standard InChI is InChI=1S/C18H33N6O5P/c1-5-7-27-18(28-8-6-2)14(4)23-30(25,26)12-29-13(3)9-24-11-22-15-16(19)20-10-21-17(15)24/h10-11,13-14,18H,5-9,12H2,1-4H3,(H2,19,20,21)(H2,23,25,26)/t13-,14+/m1/s1. The monoisotopic (exact) mass is 444 g/mol. The second kappa shape index (κ2) is 11.7. The van der Waals surface area contributed by atoms with Crippen molar-refractivity contribution in [1.29, 1.82) is 0 Å². The van der Waals surface area contributed by atoms with Crippen LogP contribution in [-0.4, -0.2) is 62.4 Å². The molecular weight excluding hydrogens is 411 g/mol. The van der Waals surface area contributed by atoms with Gasteiger partial charge < -0.3 is 29.4 Å². The van der Waals surface area contributed by atoms with Crippen molar-refractivity contribution >= 4 is 24.5 Å². The zero-order valence-corrected chi connectivity index (χ0v) is 18.9. The molecule has 2 heterocycles. The summed E-state index contributed by atoms with van der Waals surface area (Å²) in [6.45, 7) is 8.95.